The van der Waals surface area contributed by atoms with Gasteiger partial charge in [-0.2, -0.15) is 0 Å². The molecule has 0 radical (unpaired) electrons. The normalized spacial score (nSPS) is 10.6. The second-order valence-electron chi connectivity index (χ2n) is 5.01. The first-order valence-corrected chi connectivity index (χ1v) is 6.80. The minimum atomic E-state index is -0.448. The monoisotopic (exact) mass is 286 g/mol. The van der Waals surface area contributed by atoms with Crippen molar-refractivity contribution in [2.45, 2.75) is 26.4 Å². The third kappa shape index (κ3) is 4.29. The molecule has 0 aliphatic heterocycles. The van der Waals surface area contributed by atoms with Crippen LogP contribution in [-0.2, 0) is 6.54 Å². The molecule has 0 saturated carbocycles. The number of nitro benzene ring substituents is 1. The van der Waals surface area contributed by atoms with Crippen LogP contribution in [0.15, 0.2) is 48.5 Å². The van der Waals surface area contributed by atoms with Gasteiger partial charge in [0.2, 0.25) is 5.75 Å². The van der Waals surface area contributed by atoms with Crippen molar-refractivity contribution in [3.63, 3.8) is 0 Å². The van der Waals surface area contributed by atoms with Crippen LogP contribution in [0.5, 0.6) is 11.5 Å². The van der Waals surface area contributed by atoms with E-state index < -0.39 is 4.92 Å². The van der Waals surface area contributed by atoms with Crippen molar-refractivity contribution in [3.8, 4) is 11.5 Å². The number of ether oxygens (including phenoxy) is 1. The summed E-state index contributed by atoms with van der Waals surface area (Å²) in [7, 11) is 0. The Morgan fingerprint density at radius 3 is 2.43 bits per heavy atom. The second kappa shape index (κ2) is 6.85. The number of hydrogen-bond acceptors (Lipinski definition) is 4. The second-order valence-corrected chi connectivity index (χ2v) is 5.01. The van der Waals surface area contributed by atoms with Gasteiger partial charge in [0.05, 0.1) is 4.92 Å². The molecule has 0 saturated heterocycles. The standard InChI is InChI=1S/C16H18N2O3/c1-12(2)17-11-13-7-9-14(10-8-13)21-16-6-4-3-5-15(16)18(19)20/h3-10,12,17H,11H2,1-2H3. The lowest BCUT2D eigenvalue weighted by Gasteiger charge is -2.09. The summed E-state index contributed by atoms with van der Waals surface area (Å²) in [5.41, 5.74) is 1.10. The summed E-state index contributed by atoms with van der Waals surface area (Å²) in [4.78, 5) is 10.5. The molecule has 2 aromatic carbocycles. The smallest absolute Gasteiger partial charge is 0.311 e. The van der Waals surface area contributed by atoms with Gasteiger partial charge in [0, 0.05) is 18.7 Å². The van der Waals surface area contributed by atoms with E-state index in [4.69, 9.17) is 4.74 Å². The van der Waals surface area contributed by atoms with Crippen LogP contribution in [0.2, 0.25) is 0 Å². The highest BCUT2D eigenvalue weighted by atomic mass is 16.6. The van der Waals surface area contributed by atoms with Gasteiger partial charge >= 0.3 is 5.69 Å². The number of para-hydroxylation sites is 2. The summed E-state index contributed by atoms with van der Waals surface area (Å²) in [6, 6.07) is 14.3. The summed E-state index contributed by atoms with van der Waals surface area (Å²) in [6.45, 7) is 4.96. The highest BCUT2D eigenvalue weighted by Crippen LogP contribution is 2.30. The Balaban J connectivity index is 2.09. The van der Waals surface area contributed by atoms with E-state index in [1.54, 1.807) is 18.2 Å². The number of nitrogens with one attached hydrogen (secondary N) is 1. The lowest BCUT2D eigenvalue weighted by molar-refractivity contribution is -0.385. The fourth-order valence-corrected chi connectivity index (χ4v) is 1.82. The molecule has 0 unspecified atom stereocenters. The van der Waals surface area contributed by atoms with E-state index in [1.165, 1.54) is 6.07 Å². The van der Waals surface area contributed by atoms with Gasteiger partial charge in [-0.25, -0.2) is 0 Å². The van der Waals surface area contributed by atoms with Crippen LogP contribution in [-0.4, -0.2) is 11.0 Å². The van der Waals surface area contributed by atoms with E-state index in [9.17, 15) is 10.1 Å². The zero-order chi connectivity index (χ0) is 15.2. The maximum absolute atomic E-state index is 10.9. The van der Waals surface area contributed by atoms with Gasteiger partial charge in [-0.05, 0) is 23.8 Å². The molecule has 0 amide bonds. The van der Waals surface area contributed by atoms with Crippen LogP contribution < -0.4 is 10.1 Å². The fraction of sp³-hybridized carbons (Fsp3) is 0.250. The lowest BCUT2D eigenvalue weighted by atomic mass is 10.2. The molecule has 2 aromatic rings. The number of hydrogen-bond donors (Lipinski definition) is 1. The van der Waals surface area contributed by atoms with Gasteiger partial charge in [0.15, 0.2) is 0 Å². The molecule has 2 rings (SSSR count). The Labute approximate surface area is 123 Å². The van der Waals surface area contributed by atoms with Gasteiger partial charge in [-0.1, -0.05) is 38.1 Å². The van der Waals surface area contributed by atoms with Crippen LogP contribution in [0, 0.1) is 10.1 Å². The van der Waals surface area contributed by atoms with E-state index in [0.717, 1.165) is 12.1 Å². The number of nitrogens with zero attached hydrogens (tertiary/aromatic N) is 1. The predicted octanol–water partition coefficient (Wildman–Crippen LogP) is 3.89. The molecule has 0 fully saturated rings. The lowest BCUT2D eigenvalue weighted by Crippen LogP contribution is -2.21. The molecule has 5 nitrogen and oxygen atoms in total. The number of nitro groups is 1. The maximum atomic E-state index is 10.9. The first kappa shape index (κ1) is 15.0. The predicted molar refractivity (Wildman–Crippen MR) is 81.6 cm³/mol. The third-order valence-electron chi connectivity index (χ3n) is 2.93. The number of benzene rings is 2. The van der Waals surface area contributed by atoms with E-state index in [2.05, 4.69) is 19.2 Å². The molecule has 0 atom stereocenters. The van der Waals surface area contributed by atoms with Crippen LogP contribution in [0.1, 0.15) is 19.4 Å². The maximum Gasteiger partial charge on any atom is 0.311 e. The Bertz CT molecular complexity index is 609. The summed E-state index contributed by atoms with van der Waals surface area (Å²) >= 11 is 0. The topological polar surface area (TPSA) is 64.4 Å². The minimum Gasteiger partial charge on any atom is -0.450 e. The van der Waals surface area contributed by atoms with Crippen molar-refractivity contribution in [3.05, 3.63) is 64.2 Å². The molecule has 5 heteroatoms. The third-order valence-corrected chi connectivity index (χ3v) is 2.93. The van der Waals surface area contributed by atoms with Crippen LogP contribution in [0.25, 0.3) is 0 Å². The highest BCUT2D eigenvalue weighted by molar-refractivity contribution is 5.48. The van der Waals surface area contributed by atoms with Crippen molar-refractivity contribution in [2.24, 2.45) is 0 Å². The molecule has 0 spiro atoms. The molecule has 21 heavy (non-hydrogen) atoms. The van der Waals surface area contributed by atoms with Gasteiger partial charge in [-0.15, -0.1) is 0 Å². The van der Waals surface area contributed by atoms with Crippen LogP contribution >= 0.6 is 0 Å². The SMILES string of the molecule is CC(C)NCc1ccc(Oc2ccccc2[N+](=O)[O-])cc1. The molecule has 0 aliphatic carbocycles. The molecule has 0 aromatic heterocycles. The van der Waals surface area contributed by atoms with Gasteiger partial charge < -0.3 is 10.1 Å². The van der Waals surface area contributed by atoms with Crippen molar-refractivity contribution in [1.82, 2.24) is 5.32 Å². The van der Waals surface area contributed by atoms with Gasteiger partial charge in [0.25, 0.3) is 0 Å². The van der Waals surface area contributed by atoms with Crippen molar-refractivity contribution in [2.75, 3.05) is 0 Å². The van der Waals surface area contributed by atoms with E-state index in [1.807, 2.05) is 24.3 Å². The number of rotatable bonds is 6. The largest absolute Gasteiger partial charge is 0.450 e. The van der Waals surface area contributed by atoms with Crippen molar-refractivity contribution in [1.29, 1.82) is 0 Å². The van der Waals surface area contributed by atoms with Crippen LogP contribution in [0.4, 0.5) is 5.69 Å². The molecule has 0 aliphatic rings. The summed E-state index contributed by atoms with van der Waals surface area (Å²) in [5, 5.41) is 14.3. The molecule has 0 heterocycles. The summed E-state index contributed by atoms with van der Waals surface area (Å²) in [6.07, 6.45) is 0. The fourth-order valence-electron chi connectivity index (χ4n) is 1.82. The summed E-state index contributed by atoms with van der Waals surface area (Å²) in [5.74, 6) is 0.827. The van der Waals surface area contributed by atoms with Crippen molar-refractivity contribution < 1.29 is 9.66 Å². The minimum absolute atomic E-state index is 0.0388. The molecule has 1 N–H and O–H groups in total. The Kier molecular flexibility index (Phi) is 4.90. The van der Waals surface area contributed by atoms with E-state index in [0.29, 0.717) is 11.8 Å². The van der Waals surface area contributed by atoms with E-state index in [-0.39, 0.29) is 11.4 Å². The van der Waals surface area contributed by atoms with E-state index >= 15 is 0 Å². The highest BCUT2D eigenvalue weighted by Gasteiger charge is 2.14. The average Bonchev–Trinajstić information content (AvgIpc) is 2.47. The van der Waals surface area contributed by atoms with Gasteiger partial charge in [0.1, 0.15) is 5.75 Å². The van der Waals surface area contributed by atoms with Gasteiger partial charge in [-0.3, -0.25) is 10.1 Å². The van der Waals surface area contributed by atoms with Crippen LogP contribution in [0.3, 0.4) is 0 Å². The first-order valence-electron chi connectivity index (χ1n) is 6.80. The quantitative estimate of drug-likeness (QED) is 0.646. The Hall–Kier alpha value is -2.40. The molecule has 110 valence electrons. The Morgan fingerprint density at radius 1 is 1.14 bits per heavy atom. The molecule has 0 bridgehead atoms. The average molecular weight is 286 g/mol. The van der Waals surface area contributed by atoms with Crippen molar-refractivity contribution >= 4 is 5.69 Å². The zero-order valence-electron chi connectivity index (χ0n) is 12.1. The first-order chi connectivity index (χ1) is 10.1. The summed E-state index contributed by atoms with van der Waals surface area (Å²) < 4.78 is 5.59. The molecular formula is C16H18N2O3. The zero-order valence-corrected chi connectivity index (χ0v) is 12.1. The molecular weight excluding hydrogens is 268 g/mol. The Morgan fingerprint density at radius 2 is 1.81 bits per heavy atom.